The highest BCUT2D eigenvalue weighted by Crippen LogP contribution is 2.12. The summed E-state index contributed by atoms with van der Waals surface area (Å²) in [6.07, 6.45) is -0.700. The van der Waals surface area contributed by atoms with Crippen LogP contribution in [0.5, 0.6) is 0 Å². The van der Waals surface area contributed by atoms with Gasteiger partial charge in [-0.3, -0.25) is 0 Å². The lowest BCUT2D eigenvalue weighted by Gasteiger charge is -2.08. The molecule has 26 heavy (non-hydrogen) atoms. The van der Waals surface area contributed by atoms with Crippen LogP contribution in [0.1, 0.15) is 18.1 Å². The molecule has 2 N–H and O–H groups in total. The summed E-state index contributed by atoms with van der Waals surface area (Å²) in [6.45, 7) is 1.71. The maximum atomic E-state index is 12.9. The molecule has 0 saturated carbocycles. The number of nitrogens with one attached hydrogen (secondary N) is 2. The molecule has 0 fully saturated rings. The fourth-order valence-electron chi connectivity index (χ4n) is 1.98. The van der Waals surface area contributed by atoms with Gasteiger partial charge in [0.2, 0.25) is 10.0 Å². The van der Waals surface area contributed by atoms with Crippen LogP contribution < -0.4 is 10.1 Å². The minimum atomic E-state index is -3.71. The second-order valence-electron chi connectivity index (χ2n) is 5.28. The van der Waals surface area contributed by atoms with Gasteiger partial charge in [0.15, 0.2) is 0 Å². The predicted octanol–water partition coefficient (Wildman–Crippen LogP) is 2.38. The number of methoxy groups -OCH3 is 1. The lowest BCUT2D eigenvalue weighted by Crippen LogP contribution is -2.23. The number of amides is 1. The summed E-state index contributed by atoms with van der Waals surface area (Å²) in [5, 5.41) is 3.84. The molecule has 0 saturated heterocycles. The van der Waals surface area contributed by atoms with Gasteiger partial charge in [0.1, 0.15) is 5.82 Å². The first-order chi connectivity index (χ1) is 12.3. The van der Waals surface area contributed by atoms with Crippen LogP contribution in [-0.4, -0.2) is 27.3 Å². The van der Waals surface area contributed by atoms with E-state index < -0.39 is 16.1 Å². The van der Waals surface area contributed by atoms with Crippen molar-refractivity contribution in [2.75, 3.05) is 7.11 Å². The summed E-state index contributed by atoms with van der Waals surface area (Å²) >= 11 is 0. The maximum Gasteiger partial charge on any atom is 0.427 e. The quantitative estimate of drug-likeness (QED) is 0.595. The summed E-state index contributed by atoms with van der Waals surface area (Å²) in [5.41, 5.74) is 3.95. The van der Waals surface area contributed by atoms with Crippen LogP contribution in [0.15, 0.2) is 58.5 Å². The Kier molecular flexibility index (Phi) is 6.42. The van der Waals surface area contributed by atoms with Crippen molar-refractivity contribution in [3.8, 4) is 0 Å². The van der Waals surface area contributed by atoms with Gasteiger partial charge < -0.3 is 4.74 Å². The molecule has 7 nitrogen and oxygen atoms in total. The van der Waals surface area contributed by atoms with Gasteiger partial charge in [-0.1, -0.05) is 24.3 Å². The molecule has 0 radical (unpaired) electrons. The second-order valence-corrected chi connectivity index (χ2v) is 7.04. The van der Waals surface area contributed by atoms with E-state index in [0.29, 0.717) is 16.8 Å². The summed E-state index contributed by atoms with van der Waals surface area (Å²) in [6, 6.07) is 11.6. The molecule has 0 unspecified atom stereocenters. The summed E-state index contributed by atoms with van der Waals surface area (Å²) in [4.78, 5) is 11.1. The number of hydrazone groups is 1. The Morgan fingerprint density at radius 3 is 2.31 bits per heavy atom. The Balaban J connectivity index is 2.05. The Labute approximate surface area is 150 Å². The van der Waals surface area contributed by atoms with E-state index in [1.165, 1.54) is 43.5 Å². The number of hydrogen-bond donors (Lipinski definition) is 2. The molecular formula is C17H18FN3O4S. The van der Waals surface area contributed by atoms with Crippen LogP contribution in [-0.2, 0) is 21.3 Å². The van der Waals surface area contributed by atoms with Crippen molar-refractivity contribution in [1.29, 1.82) is 0 Å². The summed E-state index contributed by atoms with van der Waals surface area (Å²) in [7, 11) is -2.49. The number of ether oxygens (including phenoxy) is 1. The monoisotopic (exact) mass is 379 g/mol. The summed E-state index contributed by atoms with van der Waals surface area (Å²) < 4.78 is 44.4. The molecule has 0 aromatic heterocycles. The third kappa shape index (κ3) is 5.36. The fourth-order valence-corrected chi connectivity index (χ4v) is 3.00. The van der Waals surface area contributed by atoms with Crippen LogP contribution >= 0.6 is 0 Å². The van der Waals surface area contributed by atoms with Gasteiger partial charge in [0.25, 0.3) is 0 Å². The Bertz CT molecular complexity index is 895. The van der Waals surface area contributed by atoms with Gasteiger partial charge in [-0.05, 0) is 42.3 Å². The number of sulfonamides is 1. The summed E-state index contributed by atoms with van der Waals surface area (Å²) in [5.74, 6) is -0.383. The molecular weight excluding hydrogens is 361 g/mol. The third-order valence-electron chi connectivity index (χ3n) is 3.46. The maximum absolute atomic E-state index is 12.9. The van der Waals surface area contributed by atoms with Crippen molar-refractivity contribution in [2.24, 2.45) is 5.10 Å². The highest BCUT2D eigenvalue weighted by molar-refractivity contribution is 7.89. The topological polar surface area (TPSA) is 96.9 Å². The van der Waals surface area contributed by atoms with Gasteiger partial charge in [-0.2, -0.15) is 5.10 Å². The second kappa shape index (κ2) is 8.54. The number of carbonyl (C=O) groups is 1. The van der Waals surface area contributed by atoms with Crippen molar-refractivity contribution < 1.29 is 22.3 Å². The first-order valence-corrected chi connectivity index (χ1v) is 9.03. The zero-order chi connectivity index (χ0) is 19.2. The fraction of sp³-hybridized carbons (Fsp3) is 0.176. The third-order valence-corrected chi connectivity index (χ3v) is 4.88. The average Bonchev–Trinajstić information content (AvgIpc) is 2.65. The molecule has 0 aliphatic carbocycles. The van der Waals surface area contributed by atoms with E-state index in [0.717, 1.165) is 0 Å². The van der Waals surface area contributed by atoms with Gasteiger partial charge in [0, 0.05) is 6.54 Å². The van der Waals surface area contributed by atoms with E-state index in [1.807, 2.05) is 0 Å². The number of halogens is 1. The highest BCUT2D eigenvalue weighted by Gasteiger charge is 2.14. The lowest BCUT2D eigenvalue weighted by atomic mass is 10.1. The van der Waals surface area contributed by atoms with Crippen LogP contribution in [0.25, 0.3) is 0 Å². The van der Waals surface area contributed by atoms with E-state index in [4.69, 9.17) is 0 Å². The number of carbonyl (C=O) groups excluding carboxylic acids is 1. The van der Waals surface area contributed by atoms with E-state index in [1.54, 1.807) is 19.1 Å². The van der Waals surface area contributed by atoms with Gasteiger partial charge in [-0.25, -0.2) is 27.8 Å². The minimum absolute atomic E-state index is 0.0495. The van der Waals surface area contributed by atoms with Gasteiger partial charge in [0.05, 0.1) is 17.7 Å². The lowest BCUT2D eigenvalue weighted by molar-refractivity contribution is 0.171. The highest BCUT2D eigenvalue weighted by atomic mass is 32.2. The molecule has 138 valence electrons. The molecule has 0 heterocycles. The molecule has 0 aliphatic heterocycles. The van der Waals surface area contributed by atoms with E-state index in [-0.39, 0.29) is 17.3 Å². The van der Waals surface area contributed by atoms with Crippen LogP contribution in [0.2, 0.25) is 0 Å². The molecule has 0 spiro atoms. The van der Waals surface area contributed by atoms with Crippen molar-refractivity contribution in [3.05, 3.63) is 65.5 Å². The predicted molar refractivity (Wildman–Crippen MR) is 94.6 cm³/mol. The Morgan fingerprint density at radius 2 is 1.73 bits per heavy atom. The number of nitrogens with zero attached hydrogens (tertiary/aromatic N) is 1. The number of rotatable bonds is 6. The van der Waals surface area contributed by atoms with E-state index >= 15 is 0 Å². The SMILES string of the molecule is COC(=O)N/N=C(/C)c1ccc(S(=O)(=O)NCc2ccc(F)cc2)cc1. The smallest absolute Gasteiger partial charge is 0.427 e. The van der Waals surface area contributed by atoms with Gasteiger partial charge >= 0.3 is 6.09 Å². The normalized spacial score (nSPS) is 11.9. The zero-order valence-electron chi connectivity index (χ0n) is 14.2. The molecule has 0 bridgehead atoms. The van der Waals surface area contributed by atoms with Crippen molar-refractivity contribution >= 4 is 21.8 Å². The first-order valence-electron chi connectivity index (χ1n) is 7.54. The molecule has 2 aromatic rings. The standard InChI is InChI=1S/C17H18FN3O4S/c1-12(20-21-17(22)25-2)14-5-9-16(10-6-14)26(23,24)19-11-13-3-7-15(18)8-4-13/h3-10,19H,11H2,1-2H3,(H,21,22)/b20-12-. The molecule has 0 atom stereocenters. The van der Waals surface area contributed by atoms with Crippen molar-refractivity contribution in [1.82, 2.24) is 10.1 Å². The van der Waals surface area contributed by atoms with Crippen LogP contribution in [0.3, 0.4) is 0 Å². The molecule has 2 aromatic carbocycles. The number of benzene rings is 2. The van der Waals surface area contributed by atoms with Gasteiger partial charge in [-0.15, -0.1) is 0 Å². The van der Waals surface area contributed by atoms with Crippen LogP contribution in [0, 0.1) is 5.82 Å². The van der Waals surface area contributed by atoms with E-state index in [9.17, 15) is 17.6 Å². The van der Waals surface area contributed by atoms with Crippen molar-refractivity contribution in [2.45, 2.75) is 18.4 Å². The average molecular weight is 379 g/mol. The zero-order valence-corrected chi connectivity index (χ0v) is 15.0. The number of hydrogen-bond acceptors (Lipinski definition) is 5. The van der Waals surface area contributed by atoms with Crippen LogP contribution in [0.4, 0.5) is 9.18 Å². The first kappa shape index (κ1) is 19.5. The van der Waals surface area contributed by atoms with Crippen molar-refractivity contribution in [3.63, 3.8) is 0 Å². The molecule has 0 aliphatic rings. The molecule has 2 rings (SSSR count). The Hall–Kier alpha value is -2.78. The van der Waals surface area contributed by atoms with E-state index in [2.05, 4.69) is 20.0 Å². The largest absolute Gasteiger partial charge is 0.452 e. The minimum Gasteiger partial charge on any atom is -0.452 e. The molecule has 1 amide bonds. The molecule has 9 heteroatoms. The Morgan fingerprint density at radius 1 is 1.12 bits per heavy atom.